The largest absolute Gasteiger partial charge is 0.503 e. The molecular formula is C26H16BrCl2NO4. The molecule has 4 aromatic rings. The number of carbonyl (C=O) groups is 2. The number of carbonyl (C=O) groups excluding carboxylic acids is 2. The fraction of sp³-hybridized carbons (Fsp3) is 0.0769. The molecule has 1 unspecified atom stereocenters. The van der Waals surface area contributed by atoms with Crippen LogP contribution in [0.1, 0.15) is 27.7 Å². The van der Waals surface area contributed by atoms with Gasteiger partial charge in [0.25, 0.3) is 5.91 Å². The molecule has 1 aromatic heterocycles. The van der Waals surface area contributed by atoms with Crippen LogP contribution in [0.4, 0.5) is 5.69 Å². The summed E-state index contributed by atoms with van der Waals surface area (Å²) in [6.45, 7) is 1.91. The topological polar surface area (TPSA) is 70.7 Å². The average Bonchev–Trinajstić information content (AvgIpc) is 3.34. The molecule has 170 valence electrons. The number of furan rings is 1. The maximum Gasteiger partial charge on any atom is 0.294 e. The Hall–Kier alpha value is -3.06. The highest BCUT2D eigenvalue weighted by Crippen LogP contribution is 2.43. The number of aliphatic hydroxyl groups is 1. The Morgan fingerprint density at radius 3 is 2.56 bits per heavy atom. The molecule has 0 saturated heterocycles. The SMILES string of the molecule is Cc1cccc(C2C(C(=O)c3cc4cc(Br)ccc4o3)=C(O)C(=O)N2c2ccc(Cl)c(Cl)c2)c1. The van der Waals surface area contributed by atoms with E-state index in [-0.39, 0.29) is 16.4 Å². The van der Waals surface area contributed by atoms with Crippen molar-refractivity contribution < 1.29 is 19.1 Å². The number of anilines is 1. The predicted octanol–water partition coefficient (Wildman–Crippen LogP) is 7.59. The van der Waals surface area contributed by atoms with E-state index >= 15 is 0 Å². The van der Waals surface area contributed by atoms with Crippen molar-refractivity contribution in [3.8, 4) is 0 Å². The Morgan fingerprint density at radius 2 is 1.82 bits per heavy atom. The summed E-state index contributed by atoms with van der Waals surface area (Å²) >= 11 is 15.7. The molecule has 34 heavy (non-hydrogen) atoms. The summed E-state index contributed by atoms with van der Waals surface area (Å²) in [5.41, 5.74) is 2.44. The van der Waals surface area contributed by atoms with E-state index in [1.165, 1.54) is 11.0 Å². The summed E-state index contributed by atoms with van der Waals surface area (Å²) in [4.78, 5) is 28.3. The molecule has 5 nitrogen and oxygen atoms in total. The third-order valence-electron chi connectivity index (χ3n) is 5.69. The van der Waals surface area contributed by atoms with Crippen LogP contribution < -0.4 is 4.90 Å². The summed E-state index contributed by atoms with van der Waals surface area (Å²) in [6.07, 6.45) is 0. The number of aliphatic hydroxyl groups excluding tert-OH is 1. The molecule has 0 fully saturated rings. The molecule has 1 atom stereocenters. The highest BCUT2D eigenvalue weighted by atomic mass is 79.9. The molecule has 0 radical (unpaired) electrons. The summed E-state index contributed by atoms with van der Waals surface area (Å²) < 4.78 is 6.62. The van der Waals surface area contributed by atoms with Crippen molar-refractivity contribution in [3.63, 3.8) is 0 Å². The van der Waals surface area contributed by atoms with Gasteiger partial charge in [-0.15, -0.1) is 0 Å². The maximum atomic E-state index is 13.7. The monoisotopic (exact) mass is 555 g/mol. The molecule has 1 aliphatic heterocycles. The Morgan fingerprint density at radius 1 is 1.03 bits per heavy atom. The van der Waals surface area contributed by atoms with Crippen molar-refractivity contribution in [3.05, 3.63) is 109 Å². The van der Waals surface area contributed by atoms with Crippen LogP contribution in [0.15, 0.2) is 87.0 Å². The fourth-order valence-electron chi connectivity index (χ4n) is 4.15. The van der Waals surface area contributed by atoms with Gasteiger partial charge in [0.15, 0.2) is 11.5 Å². The lowest BCUT2D eigenvalue weighted by atomic mass is 9.94. The zero-order valence-electron chi connectivity index (χ0n) is 17.7. The van der Waals surface area contributed by atoms with Gasteiger partial charge in [0.05, 0.1) is 21.7 Å². The lowest BCUT2D eigenvalue weighted by Crippen LogP contribution is -2.31. The molecule has 8 heteroatoms. The quantitative estimate of drug-likeness (QED) is 0.263. The number of hydrogen-bond donors (Lipinski definition) is 1. The van der Waals surface area contributed by atoms with E-state index in [1.807, 2.05) is 31.2 Å². The summed E-state index contributed by atoms with van der Waals surface area (Å²) in [6, 6.07) is 18.2. The second-order valence-electron chi connectivity index (χ2n) is 7.97. The van der Waals surface area contributed by atoms with Crippen molar-refractivity contribution in [2.75, 3.05) is 4.90 Å². The van der Waals surface area contributed by atoms with Crippen LogP contribution in [0.2, 0.25) is 10.0 Å². The first-order chi connectivity index (χ1) is 16.2. The predicted molar refractivity (Wildman–Crippen MR) is 136 cm³/mol. The second kappa shape index (κ2) is 8.62. The van der Waals surface area contributed by atoms with Gasteiger partial charge < -0.3 is 9.52 Å². The molecule has 2 heterocycles. The van der Waals surface area contributed by atoms with E-state index in [9.17, 15) is 14.7 Å². The van der Waals surface area contributed by atoms with Crippen molar-refractivity contribution in [2.45, 2.75) is 13.0 Å². The van der Waals surface area contributed by atoms with Crippen LogP contribution in [-0.2, 0) is 4.79 Å². The van der Waals surface area contributed by atoms with E-state index in [2.05, 4.69) is 15.9 Å². The molecule has 1 aliphatic rings. The smallest absolute Gasteiger partial charge is 0.294 e. The third-order valence-corrected chi connectivity index (χ3v) is 6.93. The zero-order valence-corrected chi connectivity index (χ0v) is 20.8. The van der Waals surface area contributed by atoms with Crippen LogP contribution in [0.5, 0.6) is 0 Å². The number of amides is 1. The first-order valence-corrected chi connectivity index (χ1v) is 11.8. The van der Waals surface area contributed by atoms with Crippen molar-refractivity contribution in [1.29, 1.82) is 0 Å². The standard InChI is InChI=1S/C26H16BrCl2NO4/c1-13-3-2-4-14(9-13)23-22(24(31)21-11-15-10-16(27)5-8-20(15)34-21)25(32)26(33)30(23)17-6-7-18(28)19(29)12-17/h2-12,23,32H,1H3. The van der Waals surface area contributed by atoms with Gasteiger partial charge in [0.2, 0.25) is 5.78 Å². The van der Waals surface area contributed by atoms with Crippen molar-refractivity contribution >= 4 is 67.5 Å². The minimum atomic E-state index is -0.892. The molecule has 0 saturated carbocycles. The maximum absolute atomic E-state index is 13.7. The van der Waals surface area contributed by atoms with Crippen LogP contribution in [0.25, 0.3) is 11.0 Å². The highest BCUT2D eigenvalue weighted by Gasteiger charge is 2.45. The first kappa shape index (κ1) is 22.7. The molecule has 3 aromatic carbocycles. The van der Waals surface area contributed by atoms with E-state index in [0.717, 1.165) is 15.4 Å². The molecule has 1 amide bonds. The van der Waals surface area contributed by atoms with E-state index in [0.29, 0.717) is 21.9 Å². The third kappa shape index (κ3) is 3.82. The number of fused-ring (bicyclic) bond motifs is 1. The minimum absolute atomic E-state index is 0.0242. The molecule has 0 spiro atoms. The van der Waals surface area contributed by atoms with E-state index in [4.69, 9.17) is 27.6 Å². The highest BCUT2D eigenvalue weighted by molar-refractivity contribution is 9.10. The minimum Gasteiger partial charge on any atom is -0.503 e. The van der Waals surface area contributed by atoms with Crippen LogP contribution in [0.3, 0.4) is 0 Å². The summed E-state index contributed by atoms with van der Waals surface area (Å²) in [5, 5.41) is 12.2. The van der Waals surface area contributed by atoms with Crippen LogP contribution >= 0.6 is 39.1 Å². The lowest BCUT2D eigenvalue weighted by molar-refractivity contribution is -0.117. The van der Waals surface area contributed by atoms with E-state index in [1.54, 1.807) is 36.4 Å². The molecule has 0 aliphatic carbocycles. The van der Waals surface area contributed by atoms with Gasteiger partial charge in [0.1, 0.15) is 5.58 Å². The Balaban J connectivity index is 1.67. The molecule has 0 bridgehead atoms. The van der Waals surface area contributed by atoms with Gasteiger partial charge in [0, 0.05) is 15.5 Å². The summed E-state index contributed by atoms with van der Waals surface area (Å²) in [7, 11) is 0. The number of rotatable bonds is 4. The zero-order chi connectivity index (χ0) is 24.1. The van der Waals surface area contributed by atoms with Gasteiger partial charge in [-0.05, 0) is 55.0 Å². The van der Waals surface area contributed by atoms with Gasteiger partial charge in [-0.3, -0.25) is 14.5 Å². The van der Waals surface area contributed by atoms with Crippen LogP contribution in [0, 0.1) is 6.92 Å². The number of aryl methyl sites for hydroxylation is 1. The van der Waals surface area contributed by atoms with Crippen LogP contribution in [-0.4, -0.2) is 16.8 Å². The number of halogens is 3. The van der Waals surface area contributed by atoms with Crippen molar-refractivity contribution in [1.82, 2.24) is 0 Å². The number of nitrogens with zero attached hydrogens (tertiary/aromatic N) is 1. The Labute approximate surface area is 213 Å². The lowest BCUT2D eigenvalue weighted by Gasteiger charge is -2.27. The van der Waals surface area contributed by atoms with Gasteiger partial charge in [-0.1, -0.05) is 69.0 Å². The Kier molecular flexibility index (Phi) is 5.76. The first-order valence-electron chi connectivity index (χ1n) is 10.3. The fourth-order valence-corrected chi connectivity index (χ4v) is 4.82. The Bertz CT molecular complexity index is 1520. The van der Waals surface area contributed by atoms with E-state index < -0.39 is 23.5 Å². The normalized spacial score (nSPS) is 16.1. The van der Waals surface area contributed by atoms with Gasteiger partial charge in [-0.25, -0.2) is 0 Å². The average molecular weight is 557 g/mol. The number of ketones is 1. The molecular weight excluding hydrogens is 541 g/mol. The van der Waals surface area contributed by atoms with Crippen molar-refractivity contribution in [2.24, 2.45) is 0 Å². The molecule has 1 N–H and O–H groups in total. The number of hydrogen-bond acceptors (Lipinski definition) is 4. The second-order valence-corrected chi connectivity index (χ2v) is 9.70. The van der Waals surface area contributed by atoms with Gasteiger partial charge >= 0.3 is 0 Å². The summed E-state index contributed by atoms with van der Waals surface area (Å²) in [5.74, 6) is -1.90. The number of benzene rings is 3. The van der Waals surface area contributed by atoms with Gasteiger partial charge in [-0.2, -0.15) is 0 Å². The molecule has 5 rings (SSSR count). The number of Topliss-reactive ketones (excluding diaryl/α,β-unsaturated/α-hetero) is 1.